The fourth-order valence-corrected chi connectivity index (χ4v) is 19.0. The van der Waals surface area contributed by atoms with Crippen LogP contribution in [0.25, 0.3) is 66.8 Å². The number of fused-ring (bicyclic) bond motifs is 18. The zero-order valence-corrected chi connectivity index (χ0v) is 72.5. The molecular formula is C120H102N6. The van der Waals surface area contributed by atoms with E-state index < -0.39 is 0 Å². The number of rotatable bonds is 12. The average molecular weight is 1630 g/mol. The molecule has 0 atom stereocenters. The van der Waals surface area contributed by atoms with Crippen molar-refractivity contribution in [3.05, 3.63) is 504 Å². The minimum absolute atomic E-state index is 1.03. The van der Waals surface area contributed by atoms with Gasteiger partial charge in [-0.1, -0.05) is 303 Å². The van der Waals surface area contributed by atoms with Crippen molar-refractivity contribution in [2.24, 2.45) is 0 Å². The molecule has 6 aliphatic carbocycles. The molecule has 6 nitrogen and oxygen atoms in total. The summed E-state index contributed by atoms with van der Waals surface area (Å²) >= 11 is 0. The SMILES string of the molecule is CN(c1ccccc1)c1ccc2c(c1)-c1ccccc1C2.CN(c1ccccc1)c1ccc2c(c1)-c1ccccc1C2.CN(c1ccccc1)c1ccc2c(c1)Cc1ccccc1-2.CN(c1ccccc1)c1ccc2c(c1)Cc1ccccc1-2.CN(c1ccccc1)c1cccc2c1-c1ccccc1C2.CN(c1ccccc1)c1cccc2c1Cc1ccccc1-2. The largest absolute Gasteiger partial charge is 0.345 e. The quantitative estimate of drug-likeness (QED) is 0.121. The zero-order valence-electron chi connectivity index (χ0n) is 72.5. The third kappa shape index (κ3) is 16.7. The van der Waals surface area contributed by atoms with E-state index in [2.05, 4.69) is 508 Å². The van der Waals surface area contributed by atoms with Gasteiger partial charge in [0.15, 0.2) is 0 Å². The highest BCUT2D eigenvalue weighted by Gasteiger charge is 2.28. The Morgan fingerprint density at radius 1 is 0.135 bits per heavy atom. The van der Waals surface area contributed by atoms with Crippen LogP contribution in [0.2, 0.25) is 0 Å². The van der Waals surface area contributed by atoms with Gasteiger partial charge in [0.05, 0.1) is 0 Å². The number of para-hydroxylation sites is 6. The molecule has 0 unspecified atom stereocenters. The highest BCUT2D eigenvalue weighted by atomic mass is 15.1. The summed E-state index contributed by atoms with van der Waals surface area (Å²) in [6.07, 6.45) is 6.27. The molecule has 18 aromatic carbocycles. The first-order valence-corrected chi connectivity index (χ1v) is 44.0. The molecular weight excluding hydrogens is 1530 g/mol. The lowest BCUT2D eigenvalue weighted by Crippen LogP contribution is -2.11. The summed E-state index contributed by atoms with van der Waals surface area (Å²) in [5, 5.41) is 0. The Labute approximate surface area is 743 Å². The summed E-state index contributed by atoms with van der Waals surface area (Å²) in [5.74, 6) is 0. The fraction of sp³-hybridized carbons (Fsp3) is 0.100. The molecule has 126 heavy (non-hydrogen) atoms. The van der Waals surface area contributed by atoms with Gasteiger partial charge in [-0.25, -0.2) is 0 Å². The van der Waals surface area contributed by atoms with Gasteiger partial charge in [-0.15, -0.1) is 0 Å². The van der Waals surface area contributed by atoms with Crippen molar-refractivity contribution in [3.8, 4) is 66.8 Å². The number of nitrogens with zero attached hydrogens (tertiary/aromatic N) is 6. The van der Waals surface area contributed by atoms with E-state index in [4.69, 9.17) is 0 Å². The third-order valence-electron chi connectivity index (χ3n) is 25.9. The highest BCUT2D eigenvalue weighted by molar-refractivity contribution is 5.91. The van der Waals surface area contributed by atoms with E-state index in [0.29, 0.717) is 0 Å². The number of hydrogen-bond donors (Lipinski definition) is 0. The van der Waals surface area contributed by atoms with Crippen LogP contribution in [0.1, 0.15) is 66.8 Å². The molecule has 612 valence electrons. The van der Waals surface area contributed by atoms with Crippen molar-refractivity contribution in [2.75, 3.05) is 71.7 Å². The lowest BCUT2D eigenvalue weighted by molar-refractivity contribution is 1.16. The summed E-state index contributed by atoms with van der Waals surface area (Å²) in [7, 11) is 12.8. The van der Waals surface area contributed by atoms with Gasteiger partial charge in [0.25, 0.3) is 0 Å². The van der Waals surface area contributed by atoms with Crippen molar-refractivity contribution in [2.45, 2.75) is 38.5 Å². The average Bonchev–Trinajstić information content (AvgIpc) is 1.56. The van der Waals surface area contributed by atoms with Crippen LogP contribution in [-0.2, 0) is 38.5 Å². The van der Waals surface area contributed by atoms with Crippen LogP contribution in [0.5, 0.6) is 0 Å². The Kier molecular flexibility index (Phi) is 23.3. The molecule has 0 bridgehead atoms. The molecule has 0 aromatic heterocycles. The van der Waals surface area contributed by atoms with Crippen molar-refractivity contribution in [1.82, 2.24) is 0 Å². The first kappa shape index (κ1) is 80.5. The third-order valence-corrected chi connectivity index (χ3v) is 25.9. The van der Waals surface area contributed by atoms with Crippen molar-refractivity contribution >= 4 is 68.2 Å². The summed E-state index contributed by atoms with van der Waals surface area (Å²) in [6, 6.07) is 156. The van der Waals surface area contributed by atoms with Gasteiger partial charge in [0.2, 0.25) is 0 Å². The minimum Gasteiger partial charge on any atom is -0.345 e. The molecule has 0 saturated heterocycles. The molecule has 6 aliphatic rings. The molecule has 0 heterocycles. The van der Waals surface area contributed by atoms with Crippen LogP contribution in [0, 0.1) is 0 Å². The maximum absolute atomic E-state index is 2.32. The van der Waals surface area contributed by atoms with E-state index in [9.17, 15) is 0 Å². The Morgan fingerprint density at radius 2 is 0.365 bits per heavy atom. The van der Waals surface area contributed by atoms with E-state index in [0.717, 1.165) is 38.5 Å². The van der Waals surface area contributed by atoms with Crippen LogP contribution in [0.3, 0.4) is 0 Å². The van der Waals surface area contributed by atoms with Gasteiger partial charge in [-0.3, -0.25) is 0 Å². The first-order chi connectivity index (χ1) is 62.0. The summed E-state index contributed by atoms with van der Waals surface area (Å²) < 4.78 is 0. The summed E-state index contributed by atoms with van der Waals surface area (Å²) in [5.41, 5.74) is 48.6. The van der Waals surface area contributed by atoms with E-state index >= 15 is 0 Å². The summed E-state index contributed by atoms with van der Waals surface area (Å²) in [4.78, 5) is 13.5. The van der Waals surface area contributed by atoms with E-state index in [-0.39, 0.29) is 0 Å². The van der Waals surface area contributed by atoms with Crippen LogP contribution >= 0.6 is 0 Å². The lowest BCUT2D eigenvalue weighted by Gasteiger charge is -2.23. The monoisotopic (exact) mass is 1630 g/mol. The van der Waals surface area contributed by atoms with Crippen LogP contribution in [-0.4, -0.2) is 42.3 Å². The van der Waals surface area contributed by atoms with Crippen LogP contribution in [0.4, 0.5) is 68.2 Å². The van der Waals surface area contributed by atoms with E-state index in [1.165, 1.54) is 202 Å². The first-order valence-electron chi connectivity index (χ1n) is 44.0. The molecule has 0 amide bonds. The smallest absolute Gasteiger partial charge is 0.0490 e. The molecule has 0 radical (unpaired) electrons. The van der Waals surface area contributed by atoms with Gasteiger partial charge in [0, 0.05) is 123 Å². The van der Waals surface area contributed by atoms with Crippen molar-refractivity contribution in [3.63, 3.8) is 0 Å². The van der Waals surface area contributed by atoms with Gasteiger partial charge in [-0.2, -0.15) is 0 Å². The Hall–Kier alpha value is -15.2. The van der Waals surface area contributed by atoms with Crippen LogP contribution < -0.4 is 29.4 Å². The molecule has 18 aromatic rings. The zero-order chi connectivity index (χ0) is 85.4. The number of anilines is 12. The maximum atomic E-state index is 2.32. The molecule has 0 spiro atoms. The second-order valence-corrected chi connectivity index (χ2v) is 33.4. The lowest BCUT2D eigenvalue weighted by atomic mass is 10.0. The molecule has 0 saturated carbocycles. The molecule has 6 heteroatoms. The number of benzene rings is 18. The number of hydrogen-bond acceptors (Lipinski definition) is 6. The topological polar surface area (TPSA) is 19.4 Å². The predicted molar refractivity (Wildman–Crippen MR) is 535 cm³/mol. The molecule has 24 rings (SSSR count). The normalized spacial score (nSPS) is 11.9. The van der Waals surface area contributed by atoms with Gasteiger partial charge in [-0.05, 0) is 294 Å². The standard InChI is InChI=1S/6C20H17N/c1-21(17-10-3-2-4-11-17)19-13-7-9-16-14-15-8-5-6-12-18(15)20(16)19;1-21(16-9-3-2-4-10-16)20-13-7-12-18-17-11-6-5-8-15(17)14-19(18)20;2*1-21(17-8-3-2-4-9-17)18-11-12-20-16(14-18)13-15-7-5-6-10-19(15)20;2*1-21(17-8-3-2-4-9-17)18-12-11-16-13-15-7-5-6-10-19(15)20(16)14-18/h2*2-13H,14H2,1H3;4*2-12,14H,13H2,1H3. The van der Waals surface area contributed by atoms with Gasteiger partial charge < -0.3 is 29.4 Å². The molecule has 0 fully saturated rings. The van der Waals surface area contributed by atoms with Gasteiger partial charge in [0.1, 0.15) is 0 Å². The Balaban J connectivity index is 0.0000000987. The van der Waals surface area contributed by atoms with Crippen molar-refractivity contribution in [1.29, 1.82) is 0 Å². The Morgan fingerprint density at radius 3 is 0.746 bits per heavy atom. The van der Waals surface area contributed by atoms with E-state index in [1.807, 2.05) is 0 Å². The van der Waals surface area contributed by atoms with Crippen molar-refractivity contribution < 1.29 is 0 Å². The van der Waals surface area contributed by atoms with Gasteiger partial charge >= 0.3 is 0 Å². The molecule has 0 N–H and O–H groups in total. The predicted octanol–water partition coefficient (Wildman–Crippen LogP) is 30.2. The fourth-order valence-electron chi connectivity index (χ4n) is 19.0. The second kappa shape index (κ2) is 36.4. The maximum Gasteiger partial charge on any atom is 0.0490 e. The van der Waals surface area contributed by atoms with Crippen LogP contribution in [0.15, 0.2) is 437 Å². The Bertz CT molecular complexity index is 6600. The summed E-state index contributed by atoms with van der Waals surface area (Å²) in [6.45, 7) is 0. The molecule has 0 aliphatic heterocycles. The minimum atomic E-state index is 1.03. The second-order valence-electron chi connectivity index (χ2n) is 33.4. The highest BCUT2D eigenvalue weighted by Crippen LogP contribution is 2.48. The van der Waals surface area contributed by atoms with E-state index in [1.54, 1.807) is 0 Å².